The van der Waals surface area contributed by atoms with E-state index in [2.05, 4.69) is 11.6 Å². The molecule has 188 valence electrons. The third-order valence-corrected chi connectivity index (χ3v) is 10.1. The number of nitrogens with two attached hydrogens (primary N) is 1. The average Bonchev–Trinajstić information content (AvgIpc) is 3.55. The highest BCUT2D eigenvalue weighted by Crippen LogP contribution is 2.54. The number of nitrogens with one attached hydrogen (secondary N) is 2. The number of likely N-dealkylation sites (tertiary alicyclic amines) is 1. The highest BCUT2D eigenvalue weighted by molar-refractivity contribution is 7.89. The number of carbonyl (C=O) groups is 1. The van der Waals surface area contributed by atoms with Crippen molar-refractivity contribution in [2.24, 2.45) is 23.0 Å². The monoisotopic (exact) mass is 488 g/mol. The number of piperidine rings is 1. The minimum atomic E-state index is -3.82. The molecule has 0 amide bonds. The molecule has 1 aromatic rings. The van der Waals surface area contributed by atoms with E-state index in [0.29, 0.717) is 18.4 Å². The van der Waals surface area contributed by atoms with Crippen LogP contribution in [0.5, 0.6) is 0 Å². The smallest absolute Gasteiger partial charge is 0.241 e. The van der Waals surface area contributed by atoms with Gasteiger partial charge < -0.3 is 15.4 Å². The predicted octanol–water partition coefficient (Wildman–Crippen LogP) is 3.99. The van der Waals surface area contributed by atoms with Gasteiger partial charge in [0.2, 0.25) is 10.0 Å². The van der Waals surface area contributed by atoms with Crippen LogP contribution in [0.1, 0.15) is 82.6 Å². The van der Waals surface area contributed by atoms with Crippen LogP contribution < -0.4 is 10.5 Å². The number of guanidine groups is 1. The molecule has 3 atom stereocenters. The van der Waals surface area contributed by atoms with Gasteiger partial charge in [-0.1, -0.05) is 31.9 Å². The molecule has 4 rings (SSSR count). The van der Waals surface area contributed by atoms with Crippen LogP contribution in [0.2, 0.25) is 0 Å². The minimum Gasteiger partial charge on any atom is -0.370 e. The molecule has 3 fully saturated rings. The van der Waals surface area contributed by atoms with Crippen molar-refractivity contribution in [1.29, 1.82) is 5.41 Å². The zero-order chi connectivity index (χ0) is 24.3. The van der Waals surface area contributed by atoms with Crippen LogP contribution in [0, 0.1) is 22.7 Å². The van der Waals surface area contributed by atoms with E-state index in [1.807, 2.05) is 17.0 Å². The van der Waals surface area contributed by atoms with Gasteiger partial charge in [0.25, 0.3) is 0 Å². The van der Waals surface area contributed by atoms with Gasteiger partial charge >= 0.3 is 0 Å². The summed E-state index contributed by atoms with van der Waals surface area (Å²) in [4.78, 5) is 14.5. The molecule has 1 saturated heterocycles. The van der Waals surface area contributed by atoms with E-state index < -0.39 is 21.5 Å². The van der Waals surface area contributed by atoms with Gasteiger partial charge in [-0.2, -0.15) is 0 Å². The van der Waals surface area contributed by atoms with Crippen molar-refractivity contribution in [2.45, 2.75) is 88.0 Å². The Bertz CT molecular complexity index is 970. The molecule has 0 radical (unpaired) electrons. The Morgan fingerprint density at radius 3 is 2.41 bits per heavy atom. The van der Waals surface area contributed by atoms with E-state index in [-0.39, 0.29) is 16.8 Å². The van der Waals surface area contributed by atoms with Crippen LogP contribution in [0.15, 0.2) is 29.2 Å². The van der Waals surface area contributed by atoms with E-state index in [9.17, 15) is 13.2 Å². The van der Waals surface area contributed by atoms with Gasteiger partial charge in [0.15, 0.2) is 5.96 Å². The molecular formula is C26H40N4O3S. The van der Waals surface area contributed by atoms with Gasteiger partial charge in [0.05, 0.1) is 10.9 Å². The van der Waals surface area contributed by atoms with E-state index in [1.54, 1.807) is 12.1 Å². The summed E-state index contributed by atoms with van der Waals surface area (Å²) in [6.45, 7) is 3.56. The summed E-state index contributed by atoms with van der Waals surface area (Å²) in [5.74, 6) is 1.25. The number of hydrogen-bond acceptors (Lipinski definition) is 4. The number of nitrogens with zero attached hydrogens (tertiary/aromatic N) is 1. The second-order valence-corrected chi connectivity index (χ2v) is 12.4. The van der Waals surface area contributed by atoms with Crippen molar-refractivity contribution in [1.82, 2.24) is 9.62 Å². The van der Waals surface area contributed by atoms with Gasteiger partial charge in [-0.05, 0) is 92.2 Å². The lowest BCUT2D eigenvalue weighted by molar-refractivity contribution is -0.113. The van der Waals surface area contributed by atoms with Crippen LogP contribution in [0.4, 0.5) is 0 Å². The van der Waals surface area contributed by atoms with E-state index in [0.717, 1.165) is 51.4 Å². The second-order valence-electron chi connectivity index (χ2n) is 10.7. The van der Waals surface area contributed by atoms with Crippen molar-refractivity contribution in [3.05, 3.63) is 29.8 Å². The molecule has 2 saturated carbocycles. The first-order valence-electron chi connectivity index (χ1n) is 13.0. The molecule has 7 nitrogen and oxygen atoms in total. The van der Waals surface area contributed by atoms with Gasteiger partial charge in [-0.25, -0.2) is 13.1 Å². The van der Waals surface area contributed by atoms with Gasteiger partial charge in [-0.15, -0.1) is 0 Å². The zero-order valence-corrected chi connectivity index (χ0v) is 21.2. The normalized spacial score (nSPS) is 24.5. The molecule has 0 bridgehead atoms. The molecule has 0 spiro atoms. The molecule has 1 aliphatic heterocycles. The number of sulfonamides is 1. The lowest BCUT2D eigenvalue weighted by atomic mass is 9.67. The van der Waals surface area contributed by atoms with E-state index >= 15 is 0 Å². The van der Waals surface area contributed by atoms with Crippen molar-refractivity contribution >= 4 is 22.3 Å². The maximum absolute atomic E-state index is 13.4. The first-order chi connectivity index (χ1) is 16.3. The Balaban J connectivity index is 1.52. The van der Waals surface area contributed by atoms with E-state index in [1.165, 1.54) is 31.2 Å². The summed E-state index contributed by atoms with van der Waals surface area (Å²) >= 11 is 0. The van der Waals surface area contributed by atoms with Crippen molar-refractivity contribution in [3.63, 3.8) is 0 Å². The van der Waals surface area contributed by atoms with Crippen LogP contribution in [0.25, 0.3) is 0 Å². The summed E-state index contributed by atoms with van der Waals surface area (Å²) in [6.07, 6.45) is 11.2. The molecule has 1 aromatic carbocycles. The Labute approximate surface area is 204 Å². The fourth-order valence-corrected chi connectivity index (χ4v) is 7.80. The number of benzene rings is 1. The predicted molar refractivity (Wildman–Crippen MR) is 134 cm³/mol. The summed E-state index contributed by atoms with van der Waals surface area (Å²) in [5.41, 5.74) is 6.53. The van der Waals surface area contributed by atoms with Gasteiger partial charge in [-0.3, -0.25) is 5.41 Å². The SMILES string of the molecule is CCC(CC1CCCN(C(=N)N)C1)(C1CC1)C(C=O)NS(=O)(=O)c1ccc(C2CCCC2)cc1. The van der Waals surface area contributed by atoms with Crippen LogP contribution >= 0.6 is 0 Å². The topological polar surface area (TPSA) is 116 Å². The molecule has 1 heterocycles. The quantitative estimate of drug-likeness (QED) is 0.262. The summed E-state index contributed by atoms with van der Waals surface area (Å²) in [7, 11) is -3.82. The number of aldehydes is 1. The number of carbonyl (C=O) groups excluding carboxylic acids is 1. The zero-order valence-electron chi connectivity index (χ0n) is 20.3. The molecule has 3 aliphatic rings. The van der Waals surface area contributed by atoms with Crippen LogP contribution in [-0.2, 0) is 14.8 Å². The van der Waals surface area contributed by atoms with Gasteiger partial charge in [0.1, 0.15) is 6.29 Å². The van der Waals surface area contributed by atoms with Crippen molar-refractivity contribution < 1.29 is 13.2 Å². The Morgan fingerprint density at radius 2 is 1.85 bits per heavy atom. The fraction of sp³-hybridized carbons (Fsp3) is 0.692. The maximum atomic E-state index is 13.4. The number of rotatable bonds is 10. The minimum absolute atomic E-state index is 0.0897. The number of hydrogen-bond donors (Lipinski definition) is 3. The first-order valence-corrected chi connectivity index (χ1v) is 14.4. The van der Waals surface area contributed by atoms with Crippen molar-refractivity contribution in [3.8, 4) is 0 Å². The lowest BCUT2D eigenvalue weighted by Crippen LogP contribution is -2.52. The Morgan fingerprint density at radius 1 is 1.18 bits per heavy atom. The molecule has 34 heavy (non-hydrogen) atoms. The van der Waals surface area contributed by atoms with Gasteiger partial charge in [0, 0.05) is 13.1 Å². The lowest BCUT2D eigenvalue weighted by Gasteiger charge is -2.43. The van der Waals surface area contributed by atoms with E-state index in [4.69, 9.17) is 11.1 Å². The molecule has 2 aliphatic carbocycles. The molecule has 3 unspecified atom stereocenters. The standard InChI is InChI=1S/C26H40N4O3S/c1-2-26(22-11-12-22,16-19-6-5-15-30(17-19)25(27)28)24(18-31)29-34(32,33)23-13-9-21(10-14-23)20-7-3-4-8-20/h9-10,13-14,18-20,22,24,29H,2-8,11-12,15-17H2,1H3,(H3,27,28). The maximum Gasteiger partial charge on any atom is 0.241 e. The highest BCUT2D eigenvalue weighted by Gasteiger charge is 2.51. The highest BCUT2D eigenvalue weighted by atomic mass is 32.2. The fourth-order valence-electron chi connectivity index (χ4n) is 6.54. The summed E-state index contributed by atoms with van der Waals surface area (Å²) < 4.78 is 29.5. The molecule has 0 aromatic heterocycles. The molecule has 8 heteroatoms. The third-order valence-electron chi connectivity index (χ3n) is 8.63. The van der Waals surface area contributed by atoms with Crippen LogP contribution in [-0.4, -0.2) is 44.7 Å². The molecular weight excluding hydrogens is 448 g/mol. The third kappa shape index (κ3) is 5.33. The first kappa shape index (κ1) is 25.2. The van der Waals surface area contributed by atoms with Crippen molar-refractivity contribution in [2.75, 3.05) is 13.1 Å². The second kappa shape index (κ2) is 10.4. The van der Waals surface area contributed by atoms with Crippen LogP contribution in [0.3, 0.4) is 0 Å². The largest absolute Gasteiger partial charge is 0.370 e. The summed E-state index contributed by atoms with van der Waals surface area (Å²) in [6, 6.07) is 6.49. The Hall–Kier alpha value is -1.93. The Kier molecular flexibility index (Phi) is 7.67. The summed E-state index contributed by atoms with van der Waals surface area (Å²) in [5, 5.41) is 7.81. The average molecular weight is 489 g/mol. The molecule has 4 N–H and O–H groups in total.